The van der Waals surface area contributed by atoms with E-state index < -0.39 is 0 Å². The Hall–Kier alpha value is -1.18. The molecule has 2 fully saturated rings. The average Bonchev–Trinajstić information content (AvgIpc) is 2.89. The van der Waals surface area contributed by atoms with Gasteiger partial charge < -0.3 is 10.6 Å². The lowest BCUT2D eigenvalue weighted by Crippen LogP contribution is -2.30. The molecule has 92 valence electrons. The molecule has 1 aromatic carbocycles. The maximum Gasteiger partial charge on any atom is 0.0375 e. The number of nitrogen functional groups attached to an aromatic ring is 1. The van der Waals surface area contributed by atoms with Crippen molar-refractivity contribution in [2.75, 3.05) is 10.6 Å². The molecule has 3 rings (SSSR count). The summed E-state index contributed by atoms with van der Waals surface area (Å²) >= 11 is 0. The zero-order chi connectivity index (χ0) is 12.0. The van der Waals surface area contributed by atoms with E-state index in [2.05, 4.69) is 36.9 Å². The zero-order valence-corrected chi connectivity index (χ0v) is 10.8. The van der Waals surface area contributed by atoms with E-state index in [4.69, 9.17) is 5.73 Å². The molecule has 17 heavy (non-hydrogen) atoms. The Bertz CT molecular complexity index is 427. The highest BCUT2D eigenvalue weighted by molar-refractivity contribution is 5.60. The Morgan fingerprint density at radius 3 is 2.82 bits per heavy atom. The smallest absolute Gasteiger partial charge is 0.0375 e. The summed E-state index contributed by atoms with van der Waals surface area (Å²) in [6, 6.07) is 8.09. The number of anilines is 2. The summed E-state index contributed by atoms with van der Waals surface area (Å²) in [6.45, 7) is 4.44. The van der Waals surface area contributed by atoms with Gasteiger partial charge in [-0.1, -0.05) is 13.3 Å². The Morgan fingerprint density at radius 2 is 2.18 bits per heavy atom. The van der Waals surface area contributed by atoms with Crippen molar-refractivity contribution >= 4 is 11.4 Å². The molecule has 3 unspecified atom stereocenters. The van der Waals surface area contributed by atoms with Gasteiger partial charge in [0.25, 0.3) is 0 Å². The minimum Gasteiger partial charge on any atom is -0.399 e. The van der Waals surface area contributed by atoms with Crippen molar-refractivity contribution in [1.82, 2.24) is 0 Å². The minimum atomic E-state index is 0.785. The van der Waals surface area contributed by atoms with E-state index in [-0.39, 0.29) is 0 Å². The van der Waals surface area contributed by atoms with Gasteiger partial charge in [0.1, 0.15) is 0 Å². The van der Waals surface area contributed by atoms with Crippen LogP contribution >= 0.6 is 0 Å². The fraction of sp³-hybridized carbons (Fsp3) is 0.600. The van der Waals surface area contributed by atoms with Crippen molar-refractivity contribution in [3.63, 3.8) is 0 Å². The minimum absolute atomic E-state index is 0.785. The first kappa shape index (κ1) is 10.9. The van der Waals surface area contributed by atoms with Crippen LogP contribution in [-0.4, -0.2) is 12.1 Å². The van der Waals surface area contributed by atoms with Crippen LogP contribution in [0.25, 0.3) is 0 Å². The van der Waals surface area contributed by atoms with E-state index in [1.807, 2.05) is 0 Å². The first-order valence-electron chi connectivity index (χ1n) is 6.85. The number of hydrogen-bond donors (Lipinski definition) is 1. The first-order valence-corrected chi connectivity index (χ1v) is 6.85. The third-order valence-electron chi connectivity index (χ3n) is 4.74. The molecular weight excluding hydrogens is 208 g/mol. The predicted octanol–water partition coefficient (Wildman–Crippen LogP) is 3.34. The van der Waals surface area contributed by atoms with E-state index in [9.17, 15) is 0 Å². The largest absolute Gasteiger partial charge is 0.399 e. The van der Waals surface area contributed by atoms with Crippen LogP contribution in [0.4, 0.5) is 11.4 Å². The second-order valence-electron chi connectivity index (χ2n) is 5.65. The highest BCUT2D eigenvalue weighted by Gasteiger charge is 2.45. The third-order valence-corrected chi connectivity index (χ3v) is 4.74. The standard InChI is InChI=1S/C15H22N2/c1-3-11-9-13-5-7-15(11)17(13)12-4-6-14(16)10(2)8-12/h4,6,8,11,13,15H,3,5,7,9,16H2,1-2H3. The Balaban J connectivity index is 1.92. The highest BCUT2D eigenvalue weighted by atomic mass is 15.2. The zero-order valence-electron chi connectivity index (χ0n) is 10.8. The normalized spacial score (nSPS) is 31.2. The lowest BCUT2D eigenvalue weighted by atomic mass is 9.87. The number of nitrogens with zero attached hydrogens (tertiary/aromatic N) is 1. The molecule has 1 aromatic rings. The van der Waals surface area contributed by atoms with Crippen molar-refractivity contribution < 1.29 is 0 Å². The molecule has 0 spiro atoms. The van der Waals surface area contributed by atoms with Gasteiger partial charge in [-0.15, -0.1) is 0 Å². The molecule has 0 radical (unpaired) electrons. The number of fused-ring (bicyclic) bond motifs is 2. The summed E-state index contributed by atoms with van der Waals surface area (Å²) in [5.41, 5.74) is 9.42. The van der Waals surface area contributed by atoms with Crippen LogP contribution in [0.2, 0.25) is 0 Å². The van der Waals surface area contributed by atoms with Gasteiger partial charge >= 0.3 is 0 Å². The van der Waals surface area contributed by atoms with Gasteiger partial charge in [0.05, 0.1) is 0 Å². The molecule has 2 bridgehead atoms. The molecule has 2 saturated heterocycles. The fourth-order valence-electron chi connectivity index (χ4n) is 3.77. The van der Waals surface area contributed by atoms with E-state index in [0.29, 0.717) is 0 Å². The first-order chi connectivity index (χ1) is 8.20. The van der Waals surface area contributed by atoms with Gasteiger partial charge in [-0.3, -0.25) is 0 Å². The Kier molecular flexibility index (Phi) is 2.53. The number of aryl methyl sites for hydroxylation is 1. The van der Waals surface area contributed by atoms with Crippen LogP contribution in [0.3, 0.4) is 0 Å². The molecule has 2 heterocycles. The highest BCUT2D eigenvalue weighted by Crippen LogP contribution is 2.45. The maximum atomic E-state index is 5.91. The molecule has 0 saturated carbocycles. The van der Waals surface area contributed by atoms with Crippen LogP contribution in [0.5, 0.6) is 0 Å². The molecule has 3 atom stereocenters. The topological polar surface area (TPSA) is 29.3 Å². The SMILES string of the molecule is CCC1CC2CCC1N2c1ccc(N)c(C)c1. The van der Waals surface area contributed by atoms with Crippen LogP contribution in [0.15, 0.2) is 18.2 Å². The molecule has 2 N–H and O–H groups in total. The van der Waals surface area contributed by atoms with Crippen molar-refractivity contribution in [3.8, 4) is 0 Å². The van der Waals surface area contributed by atoms with E-state index >= 15 is 0 Å². The number of rotatable bonds is 2. The van der Waals surface area contributed by atoms with E-state index in [1.165, 1.54) is 36.9 Å². The summed E-state index contributed by atoms with van der Waals surface area (Å²) < 4.78 is 0. The van der Waals surface area contributed by atoms with Gasteiger partial charge in [0.15, 0.2) is 0 Å². The lowest BCUT2D eigenvalue weighted by Gasteiger charge is -2.26. The summed E-state index contributed by atoms with van der Waals surface area (Å²) in [7, 11) is 0. The van der Waals surface area contributed by atoms with Crippen molar-refractivity contribution in [1.29, 1.82) is 0 Å². The second-order valence-corrected chi connectivity index (χ2v) is 5.65. The summed E-state index contributed by atoms with van der Waals surface area (Å²) in [5, 5.41) is 0. The average molecular weight is 230 g/mol. The summed E-state index contributed by atoms with van der Waals surface area (Å²) in [6.07, 6.45) is 5.48. The number of benzene rings is 1. The monoisotopic (exact) mass is 230 g/mol. The summed E-state index contributed by atoms with van der Waals surface area (Å²) in [4.78, 5) is 2.67. The third kappa shape index (κ3) is 1.62. The molecule has 2 aliphatic heterocycles. The fourth-order valence-corrected chi connectivity index (χ4v) is 3.77. The molecule has 2 nitrogen and oxygen atoms in total. The molecular formula is C15H22N2. The number of nitrogens with two attached hydrogens (primary N) is 1. The van der Waals surface area contributed by atoms with Crippen LogP contribution in [0, 0.1) is 12.8 Å². The van der Waals surface area contributed by atoms with Crippen molar-refractivity contribution in [2.24, 2.45) is 5.92 Å². The molecule has 0 aromatic heterocycles. The van der Waals surface area contributed by atoms with Gasteiger partial charge in [0, 0.05) is 23.5 Å². The lowest BCUT2D eigenvalue weighted by molar-refractivity contribution is 0.399. The van der Waals surface area contributed by atoms with Crippen LogP contribution < -0.4 is 10.6 Å². The van der Waals surface area contributed by atoms with Crippen LogP contribution in [-0.2, 0) is 0 Å². The molecule has 0 aliphatic carbocycles. The molecule has 2 aliphatic rings. The quantitative estimate of drug-likeness (QED) is 0.789. The van der Waals surface area contributed by atoms with Crippen molar-refractivity contribution in [2.45, 2.75) is 51.6 Å². The molecule has 2 heteroatoms. The van der Waals surface area contributed by atoms with E-state index in [0.717, 1.165) is 23.7 Å². The Morgan fingerprint density at radius 1 is 1.35 bits per heavy atom. The van der Waals surface area contributed by atoms with Gasteiger partial charge in [-0.05, 0) is 55.9 Å². The van der Waals surface area contributed by atoms with Crippen molar-refractivity contribution in [3.05, 3.63) is 23.8 Å². The van der Waals surface area contributed by atoms with Gasteiger partial charge in [-0.2, -0.15) is 0 Å². The maximum absolute atomic E-state index is 5.91. The predicted molar refractivity (Wildman–Crippen MR) is 73.3 cm³/mol. The summed E-state index contributed by atoms with van der Waals surface area (Å²) in [5.74, 6) is 0.909. The van der Waals surface area contributed by atoms with Gasteiger partial charge in [0.2, 0.25) is 0 Å². The number of hydrogen-bond acceptors (Lipinski definition) is 2. The van der Waals surface area contributed by atoms with E-state index in [1.54, 1.807) is 0 Å². The second kappa shape index (κ2) is 3.94. The van der Waals surface area contributed by atoms with Gasteiger partial charge in [-0.25, -0.2) is 0 Å². The Labute approximate surface area is 104 Å². The van der Waals surface area contributed by atoms with Crippen LogP contribution in [0.1, 0.15) is 38.2 Å². The molecule has 0 amide bonds.